The second kappa shape index (κ2) is 7.38. The van der Waals surface area contributed by atoms with E-state index in [9.17, 15) is 4.79 Å². The van der Waals surface area contributed by atoms with Crippen LogP contribution in [0.1, 0.15) is 6.92 Å². The molecule has 1 rings (SSSR count). The van der Waals surface area contributed by atoms with E-state index in [1.165, 1.54) is 6.92 Å². The molecule has 2 atom stereocenters. The standard InChI is InChI=1S/C11H18O5/c1-3-4-13-5-10(6-14-9(2)12)15-7-11-8-16-11/h3,10-11H,1,4-8H2,2H3/t10-,11+/m1/s1. The number of hydrogen-bond acceptors (Lipinski definition) is 5. The van der Waals surface area contributed by atoms with Crippen molar-refractivity contribution in [2.24, 2.45) is 0 Å². The van der Waals surface area contributed by atoms with E-state index >= 15 is 0 Å². The van der Waals surface area contributed by atoms with Gasteiger partial charge in [0.25, 0.3) is 0 Å². The maximum absolute atomic E-state index is 10.7. The smallest absolute Gasteiger partial charge is 0.302 e. The normalized spacial score (nSPS) is 20.2. The van der Waals surface area contributed by atoms with Gasteiger partial charge in [-0.1, -0.05) is 6.08 Å². The van der Waals surface area contributed by atoms with Gasteiger partial charge in [0, 0.05) is 6.92 Å². The van der Waals surface area contributed by atoms with Crippen molar-refractivity contribution in [2.75, 3.05) is 33.0 Å². The molecule has 0 amide bonds. The summed E-state index contributed by atoms with van der Waals surface area (Å²) in [7, 11) is 0. The van der Waals surface area contributed by atoms with E-state index in [-0.39, 0.29) is 24.8 Å². The molecule has 0 unspecified atom stereocenters. The third kappa shape index (κ3) is 6.55. The van der Waals surface area contributed by atoms with Gasteiger partial charge in [-0.3, -0.25) is 4.79 Å². The topological polar surface area (TPSA) is 57.3 Å². The molecule has 0 aromatic heterocycles. The van der Waals surface area contributed by atoms with Crippen LogP contribution in [0.4, 0.5) is 0 Å². The Morgan fingerprint density at radius 1 is 1.62 bits per heavy atom. The van der Waals surface area contributed by atoms with E-state index in [4.69, 9.17) is 18.9 Å². The van der Waals surface area contributed by atoms with Crippen molar-refractivity contribution in [3.63, 3.8) is 0 Å². The number of epoxide rings is 1. The molecule has 1 fully saturated rings. The van der Waals surface area contributed by atoms with Crippen molar-refractivity contribution in [1.82, 2.24) is 0 Å². The van der Waals surface area contributed by atoms with E-state index in [0.717, 1.165) is 6.61 Å². The van der Waals surface area contributed by atoms with Crippen LogP contribution in [0.25, 0.3) is 0 Å². The summed E-state index contributed by atoms with van der Waals surface area (Å²) in [5.41, 5.74) is 0. The van der Waals surface area contributed by atoms with Gasteiger partial charge in [-0.05, 0) is 0 Å². The van der Waals surface area contributed by atoms with Crippen LogP contribution in [0.2, 0.25) is 0 Å². The molecule has 92 valence electrons. The first-order valence-electron chi connectivity index (χ1n) is 5.27. The van der Waals surface area contributed by atoms with E-state index in [1.807, 2.05) is 0 Å². The van der Waals surface area contributed by atoms with Gasteiger partial charge in [-0.2, -0.15) is 0 Å². The lowest BCUT2D eigenvalue weighted by Crippen LogP contribution is -2.28. The molecule has 0 aliphatic carbocycles. The molecule has 0 radical (unpaired) electrons. The average molecular weight is 230 g/mol. The summed E-state index contributed by atoms with van der Waals surface area (Å²) in [5, 5.41) is 0. The van der Waals surface area contributed by atoms with Gasteiger partial charge < -0.3 is 18.9 Å². The van der Waals surface area contributed by atoms with Crippen LogP contribution in [0, 0.1) is 0 Å². The van der Waals surface area contributed by atoms with E-state index in [2.05, 4.69) is 6.58 Å². The lowest BCUT2D eigenvalue weighted by atomic mass is 10.4. The van der Waals surface area contributed by atoms with Crippen LogP contribution in [-0.4, -0.2) is 51.2 Å². The summed E-state index contributed by atoms with van der Waals surface area (Å²) in [6, 6.07) is 0. The highest BCUT2D eigenvalue weighted by Crippen LogP contribution is 2.10. The van der Waals surface area contributed by atoms with Gasteiger partial charge in [-0.15, -0.1) is 6.58 Å². The molecule has 0 aromatic carbocycles. The summed E-state index contributed by atoms with van der Waals surface area (Å²) in [4.78, 5) is 10.7. The Kier molecular flexibility index (Phi) is 6.07. The van der Waals surface area contributed by atoms with Gasteiger partial charge >= 0.3 is 5.97 Å². The van der Waals surface area contributed by atoms with Gasteiger partial charge in [0.1, 0.15) is 18.8 Å². The highest BCUT2D eigenvalue weighted by molar-refractivity contribution is 5.65. The van der Waals surface area contributed by atoms with Crippen molar-refractivity contribution < 1.29 is 23.7 Å². The van der Waals surface area contributed by atoms with Gasteiger partial charge in [0.15, 0.2) is 0 Å². The van der Waals surface area contributed by atoms with Gasteiger partial charge in [0.05, 0.1) is 26.4 Å². The van der Waals surface area contributed by atoms with Gasteiger partial charge in [-0.25, -0.2) is 0 Å². The Hall–Kier alpha value is -0.910. The Morgan fingerprint density at radius 2 is 2.38 bits per heavy atom. The molecule has 0 bridgehead atoms. The molecule has 5 nitrogen and oxygen atoms in total. The highest BCUT2D eigenvalue weighted by Gasteiger charge is 2.24. The summed E-state index contributed by atoms with van der Waals surface area (Å²) < 4.78 is 20.7. The van der Waals surface area contributed by atoms with Crippen molar-refractivity contribution >= 4 is 5.97 Å². The second-order valence-electron chi connectivity index (χ2n) is 3.54. The number of ether oxygens (including phenoxy) is 4. The Morgan fingerprint density at radius 3 is 2.94 bits per heavy atom. The molecular formula is C11H18O5. The van der Waals surface area contributed by atoms with Crippen molar-refractivity contribution in [2.45, 2.75) is 19.1 Å². The monoisotopic (exact) mass is 230 g/mol. The lowest BCUT2D eigenvalue weighted by Gasteiger charge is -2.16. The van der Waals surface area contributed by atoms with Crippen LogP contribution in [0.5, 0.6) is 0 Å². The number of esters is 1. The van der Waals surface area contributed by atoms with Crippen LogP contribution in [0.15, 0.2) is 12.7 Å². The molecule has 0 N–H and O–H groups in total. The third-order valence-electron chi connectivity index (χ3n) is 1.93. The minimum absolute atomic E-state index is 0.194. The van der Waals surface area contributed by atoms with Crippen LogP contribution in [0.3, 0.4) is 0 Å². The largest absolute Gasteiger partial charge is 0.463 e. The van der Waals surface area contributed by atoms with Crippen molar-refractivity contribution in [3.8, 4) is 0 Å². The minimum Gasteiger partial charge on any atom is -0.463 e. The zero-order valence-electron chi connectivity index (χ0n) is 9.52. The summed E-state index contributed by atoms with van der Waals surface area (Å²) in [6.45, 7) is 7.22. The Bertz CT molecular complexity index is 224. The van der Waals surface area contributed by atoms with Crippen LogP contribution < -0.4 is 0 Å². The first kappa shape index (κ1) is 13.2. The summed E-state index contributed by atoms with van der Waals surface area (Å²) in [5.74, 6) is -0.319. The van der Waals surface area contributed by atoms with E-state index < -0.39 is 0 Å². The fourth-order valence-electron chi connectivity index (χ4n) is 1.05. The fraction of sp³-hybridized carbons (Fsp3) is 0.727. The predicted octanol–water partition coefficient (Wildman–Crippen LogP) is 0.536. The number of carbonyl (C=O) groups is 1. The van der Waals surface area contributed by atoms with Crippen molar-refractivity contribution in [3.05, 3.63) is 12.7 Å². The molecule has 1 aliphatic rings. The summed E-state index contributed by atoms with van der Waals surface area (Å²) >= 11 is 0. The number of rotatable bonds is 9. The average Bonchev–Trinajstić information content (AvgIpc) is 3.05. The van der Waals surface area contributed by atoms with E-state index in [1.54, 1.807) is 6.08 Å². The number of carbonyl (C=O) groups excluding carboxylic acids is 1. The minimum atomic E-state index is -0.319. The lowest BCUT2D eigenvalue weighted by molar-refractivity contribution is -0.147. The fourth-order valence-corrected chi connectivity index (χ4v) is 1.05. The highest BCUT2D eigenvalue weighted by atomic mass is 16.6. The maximum atomic E-state index is 10.7. The SMILES string of the molecule is C=CCOC[C@H](COC(C)=O)OC[C@H]1CO1. The quantitative estimate of drug-likeness (QED) is 0.250. The first-order chi connectivity index (χ1) is 7.72. The molecule has 0 saturated carbocycles. The van der Waals surface area contributed by atoms with E-state index in [0.29, 0.717) is 19.8 Å². The van der Waals surface area contributed by atoms with Crippen LogP contribution >= 0.6 is 0 Å². The zero-order valence-corrected chi connectivity index (χ0v) is 9.52. The van der Waals surface area contributed by atoms with Crippen LogP contribution in [-0.2, 0) is 23.7 Å². The Balaban J connectivity index is 2.15. The molecule has 5 heteroatoms. The predicted molar refractivity (Wildman–Crippen MR) is 57.1 cm³/mol. The first-order valence-corrected chi connectivity index (χ1v) is 5.27. The molecular weight excluding hydrogens is 212 g/mol. The Labute approximate surface area is 95.3 Å². The maximum Gasteiger partial charge on any atom is 0.302 e. The molecule has 16 heavy (non-hydrogen) atoms. The van der Waals surface area contributed by atoms with Gasteiger partial charge in [0.2, 0.25) is 0 Å². The molecule has 0 aromatic rings. The third-order valence-corrected chi connectivity index (χ3v) is 1.93. The summed E-state index contributed by atoms with van der Waals surface area (Å²) in [6.07, 6.45) is 1.61. The molecule has 0 spiro atoms. The van der Waals surface area contributed by atoms with Crippen molar-refractivity contribution in [1.29, 1.82) is 0 Å². The zero-order chi connectivity index (χ0) is 11.8. The molecule has 1 heterocycles. The second-order valence-corrected chi connectivity index (χ2v) is 3.54. The number of hydrogen-bond donors (Lipinski definition) is 0. The molecule has 1 saturated heterocycles. The molecule has 1 aliphatic heterocycles.